The third-order valence-corrected chi connectivity index (χ3v) is 11.2. The Morgan fingerprint density at radius 2 is 1.15 bits per heavy atom. The number of para-hydroxylation sites is 2. The summed E-state index contributed by atoms with van der Waals surface area (Å²) in [6.45, 7) is 0.195. The van der Waals surface area contributed by atoms with Crippen LogP contribution in [0.25, 0.3) is 21.8 Å². The lowest BCUT2D eigenvalue weighted by atomic mass is 10.00. The summed E-state index contributed by atoms with van der Waals surface area (Å²) in [7, 11) is 0. The highest BCUT2D eigenvalue weighted by molar-refractivity contribution is 5.98. The van der Waals surface area contributed by atoms with Gasteiger partial charge in [-0.05, 0) is 67.5 Å². The molecule has 9 N–H and O–H groups in total. The van der Waals surface area contributed by atoms with E-state index in [4.69, 9.17) is 5.73 Å². The second-order valence-corrected chi connectivity index (χ2v) is 15.3. The van der Waals surface area contributed by atoms with Crippen molar-refractivity contribution in [1.82, 2.24) is 41.5 Å². The van der Waals surface area contributed by atoms with E-state index < -0.39 is 72.2 Å². The molecule has 0 saturated carbocycles. The van der Waals surface area contributed by atoms with E-state index in [2.05, 4.69) is 36.6 Å². The molecule has 0 spiro atoms. The minimum Gasteiger partial charge on any atom is -0.361 e. The van der Waals surface area contributed by atoms with Crippen LogP contribution in [0.3, 0.4) is 0 Å². The number of aromatic nitrogens is 2. The highest BCUT2D eigenvalue weighted by atomic mass is 16.2. The number of H-pyrrole nitrogens is 2. The van der Waals surface area contributed by atoms with Gasteiger partial charge in [0.25, 0.3) is 0 Å². The number of rotatable bonds is 10. The second kappa shape index (κ2) is 18.9. The number of amides is 6. The van der Waals surface area contributed by atoms with Crippen LogP contribution in [-0.4, -0.2) is 100 Å². The molecular weight excluding hydrogens is 751 g/mol. The van der Waals surface area contributed by atoms with Gasteiger partial charge in [0.15, 0.2) is 0 Å². The van der Waals surface area contributed by atoms with E-state index in [-0.39, 0.29) is 32.2 Å². The van der Waals surface area contributed by atoms with Crippen LogP contribution in [0.15, 0.2) is 91.3 Å². The van der Waals surface area contributed by atoms with Crippen molar-refractivity contribution in [2.45, 2.75) is 81.6 Å². The molecule has 7 rings (SSSR count). The van der Waals surface area contributed by atoms with Crippen molar-refractivity contribution < 1.29 is 28.8 Å². The molecule has 15 nitrogen and oxygen atoms in total. The number of fused-ring (bicyclic) bond motifs is 3. The SMILES string of the molecule is NCCCC[C@@H]1NC(=O)[C@H](Cc2c[nH]c3ccccc23)NC(=O)[C@H](Cc2ccccc2)NC(=O)CNC(=O)[C@@H]2CCCN2C(=O)[C@H](Cc2c[nH]c3ccccc23)NC1=O. The van der Waals surface area contributed by atoms with E-state index in [1.807, 2.05) is 78.9 Å². The first-order chi connectivity index (χ1) is 28.7. The number of nitrogens with two attached hydrogens (primary N) is 1. The summed E-state index contributed by atoms with van der Waals surface area (Å²) >= 11 is 0. The van der Waals surface area contributed by atoms with E-state index in [0.29, 0.717) is 32.2 Å². The smallest absolute Gasteiger partial charge is 0.246 e. The monoisotopic (exact) mass is 801 g/mol. The van der Waals surface area contributed by atoms with Crippen molar-refractivity contribution in [2.75, 3.05) is 19.6 Å². The molecule has 59 heavy (non-hydrogen) atoms. The molecule has 4 heterocycles. The van der Waals surface area contributed by atoms with Gasteiger partial charge >= 0.3 is 0 Å². The molecule has 3 aromatic carbocycles. The van der Waals surface area contributed by atoms with Crippen LogP contribution in [0.5, 0.6) is 0 Å². The number of aromatic amines is 2. The average molecular weight is 802 g/mol. The van der Waals surface area contributed by atoms with Crippen LogP contribution in [0.1, 0.15) is 48.8 Å². The fourth-order valence-electron chi connectivity index (χ4n) is 8.12. The van der Waals surface area contributed by atoms with Crippen molar-refractivity contribution in [3.63, 3.8) is 0 Å². The van der Waals surface area contributed by atoms with Crippen LogP contribution in [-0.2, 0) is 48.0 Å². The number of unbranched alkanes of at least 4 members (excludes halogenated alkanes) is 1. The Morgan fingerprint density at radius 1 is 0.593 bits per heavy atom. The zero-order chi connectivity index (χ0) is 41.3. The third kappa shape index (κ3) is 9.80. The van der Waals surface area contributed by atoms with Crippen molar-refractivity contribution in [1.29, 1.82) is 0 Å². The quantitative estimate of drug-likeness (QED) is 0.0979. The van der Waals surface area contributed by atoms with Crippen molar-refractivity contribution in [3.8, 4) is 0 Å². The van der Waals surface area contributed by atoms with E-state index in [1.165, 1.54) is 4.90 Å². The summed E-state index contributed by atoms with van der Waals surface area (Å²) in [5.41, 5.74) is 9.84. The first-order valence-corrected chi connectivity index (χ1v) is 20.3. The lowest BCUT2D eigenvalue weighted by molar-refractivity contribution is -0.142. The molecular formula is C44H51N9O6. The lowest BCUT2D eigenvalue weighted by Gasteiger charge is -2.30. The third-order valence-electron chi connectivity index (χ3n) is 11.2. The van der Waals surface area contributed by atoms with Gasteiger partial charge in [-0.1, -0.05) is 66.7 Å². The Hall–Kier alpha value is -6.48. The van der Waals surface area contributed by atoms with Gasteiger partial charge in [0.2, 0.25) is 35.4 Å². The molecule has 308 valence electrons. The molecule has 0 bridgehead atoms. The van der Waals surface area contributed by atoms with Gasteiger partial charge in [0.1, 0.15) is 30.2 Å². The standard InChI is InChI=1S/C44H51N9O6/c45-19-9-8-17-34-40(55)52-37(23-29-25-47-33-16-7-5-14-31(29)33)44(59)53-20-10-18-38(53)43(58)48-26-39(54)49-35(21-27-11-2-1-3-12-27)41(56)51-36(42(57)50-34)22-28-24-46-32-15-6-4-13-30(28)32/h1-7,11-16,24-25,34-38,46-47H,8-10,17-23,26,45H2,(H,48,58)(H,49,54)(H,50,57)(H,51,56)(H,52,55)/t34-,35-,36-,37-,38-/m0/s1. The van der Waals surface area contributed by atoms with Gasteiger partial charge in [0.05, 0.1) is 6.54 Å². The maximum absolute atomic E-state index is 14.5. The Kier molecular flexibility index (Phi) is 13.0. The van der Waals surface area contributed by atoms with Crippen LogP contribution >= 0.6 is 0 Å². The van der Waals surface area contributed by atoms with E-state index in [1.54, 1.807) is 12.4 Å². The predicted octanol–water partition coefficient (Wildman–Crippen LogP) is 1.87. The molecule has 6 amide bonds. The maximum Gasteiger partial charge on any atom is 0.246 e. The van der Waals surface area contributed by atoms with Crippen molar-refractivity contribution >= 4 is 57.2 Å². The average Bonchev–Trinajstić information content (AvgIpc) is 4.01. The molecule has 2 aliphatic rings. The Bertz CT molecular complexity index is 2310. The maximum atomic E-state index is 14.5. The number of hydrogen-bond acceptors (Lipinski definition) is 7. The van der Waals surface area contributed by atoms with Crippen LogP contribution < -0.4 is 32.3 Å². The van der Waals surface area contributed by atoms with Crippen LogP contribution in [0, 0.1) is 0 Å². The Balaban J connectivity index is 1.24. The van der Waals surface area contributed by atoms with Crippen molar-refractivity contribution in [2.24, 2.45) is 5.73 Å². The number of nitrogens with zero attached hydrogens (tertiary/aromatic N) is 1. The van der Waals surface area contributed by atoms with Crippen LogP contribution in [0.4, 0.5) is 0 Å². The van der Waals surface area contributed by atoms with Crippen LogP contribution in [0.2, 0.25) is 0 Å². The predicted molar refractivity (Wildman–Crippen MR) is 223 cm³/mol. The highest BCUT2D eigenvalue weighted by Crippen LogP contribution is 2.24. The molecule has 0 unspecified atom stereocenters. The van der Waals surface area contributed by atoms with E-state index >= 15 is 0 Å². The summed E-state index contributed by atoms with van der Waals surface area (Å²) in [5.74, 6) is -3.40. The number of carbonyl (C=O) groups is 6. The van der Waals surface area contributed by atoms with Gasteiger partial charge in [-0.15, -0.1) is 0 Å². The lowest BCUT2D eigenvalue weighted by Crippen LogP contribution is -2.60. The van der Waals surface area contributed by atoms with Gasteiger partial charge in [-0.25, -0.2) is 0 Å². The number of hydrogen-bond donors (Lipinski definition) is 8. The topological polar surface area (TPSA) is 223 Å². The van der Waals surface area contributed by atoms with E-state index in [0.717, 1.165) is 38.5 Å². The number of nitrogens with one attached hydrogen (secondary N) is 7. The zero-order valence-corrected chi connectivity index (χ0v) is 32.8. The summed E-state index contributed by atoms with van der Waals surface area (Å²) in [5, 5.41) is 15.9. The molecule has 5 atom stereocenters. The molecule has 5 aromatic rings. The van der Waals surface area contributed by atoms with Gasteiger partial charge in [0, 0.05) is 60.0 Å². The number of benzene rings is 3. The fraction of sp³-hybridized carbons (Fsp3) is 0.364. The second-order valence-electron chi connectivity index (χ2n) is 15.3. The first kappa shape index (κ1) is 40.7. The molecule has 2 aliphatic heterocycles. The zero-order valence-electron chi connectivity index (χ0n) is 32.8. The highest BCUT2D eigenvalue weighted by Gasteiger charge is 2.39. The molecule has 0 aliphatic carbocycles. The van der Waals surface area contributed by atoms with Gasteiger partial charge in [-0.3, -0.25) is 28.8 Å². The molecule has 2 aromatic heterocycles. The normalized spacial score (nSPS) is 22.5. The molecule has 2 fully saturated rings. The van der Waals surface area contributed by atoms with Gasteiger partial charge in [-0.2, -0.15) is 0 Å². The summed E-state index contributed by atoms with van der Waals surface area (Å²) in [6.07, 6.45) is 6.02. The molecule has 0 radical (unpaired) electrons. The molecule has 15 heteroatoms. The largest absolute Gasteiger partial charge is 0.361 e. The minimum absolute atomic E-state index is 0.0544. The van der Waals surface area contributed by atoms with Crippen molar-refractivity contribution in [3.05, 3.63) is 108 Å². The summed E-state index contributed by atoms with van der Waals surface area (Å²) in [4.78, 5) is 92.8. The Morgan fingerprint density at radius 3 is 1.81 bits per heavy atom. The van der Waals surface area contributed by atoms with Gasteiger partial charge < -0.3 is 47.2 Å². The Labute approximate surface area is 341 Å². The van der Waals surface area contributed by atoms with E-state index in [9.17, 15) is 28.8 Å². The summed E-state index contributed by atoms with van der Waals surface area (Å²) in [6, 6.07) is 18.9. The summed E-state index contributed by atoms with van der Waals surface area (Å²) < 4.78 is 0. The minimum atomic E-state index is -1.19. The number of carbonyl (C=O) groups excluding carboxylic acids is 6. The first-order valence-electron chi connectivity index (χ1n) is 20.3. The molecule has 2 saturated heterocycles. The fourth-order valence-corrected chi connectivity index (χ4v) is 8.12.